The van der Waals surface area contributed by atoms with Gasteiger partial charge in [-0.05, 0) is 12.1 Å². The fourth-order valence-electron chi connectivity index (χ4n) is 2.24. The largest absolute Gasteiger partial charge is 0.478 e. The van der Waals surface area contributed by atoms with Crippen molar-refractivity contribution in [3.8, 4) is 0 Å². The summed E-state index contributed by atoms with van der Waals surface area (Å²) in [6.45, 7) is 7.72. The summed E-state index contributed by atoms with van der Waals surface area (Å²) >= 11 is 0. The molecule has 10 nitrogen and oxygen atoms in total. The molecule has 1 rings (SSSR count). The van der Waals surface area contributed by atoms with E-state index in [0.29, 0.717) is 0 Å². The lowest BCUT2D eigenvalue weighted by Crippen LogP contribution is -2.43. The van der Waals surface area contributed by atoms with Crippen LogP contribution in [0.2, 0.25) is 0 Å². The molecule has 0 bridgehead atoms. The molecule has 0 amide bonds. The third kappa shape index (κ3) is 7.90. The van der Waals surface area contributed by atoms with Gasteiger partial charge in [-0.1, -0.05) is 31.9 Å². The molecule has 0 spiro atoms. The van der Waals surface area contributed by atoms with Gasteiger partial charge >= 0.3 is 29.8 Å². The van der Waals surface area contributed by atoms with Crippen molar-refractivity contribution in [3.05, 3.63) is 73.4 Å². The molecule has 0 aromatic heterocycles. The van der Waals surface area contributed by atoms with Crippen LogP contribution in [0.1, 0.15) is 20.7 Å². The molecule has 32 heavy (non-hydrogen) atoms. The van der Waals surface area contributed by atoms with E-state index in [1.807, 2.05) is 0 Å². The van der Waals surface area contributed by atoms with Crippen molar-refractivity contribution in [1.29, 1.82) is 0 Å². The van der Waals surface area contributed by atoms with E-state index in [2.05, 4.69) is 19.7 Å². The summed E-state index contributed by atoms with van der Waals surface area (Å²) in [7, 11) is 0. The topological polar surface area (TPSA) is 142 Å². The lowest BCUT2D eigenvalue weighted by atomic mass is 9.92. The van der Waals surface area contributed by atoms with Crippen molar-refractivity contribution >= 4 is 29.8 Å². The number of carboxylic acids is 1. The highest BCUT2D eigenvalue weighted by Crippen LogP contribution is 2.23. The zero-order valence-corrected chi connectivity index (χ0v) is 17.1. The van der Waals surface area contributed by atoms with E-state index in [1.165, 1.54) is 24.3 Å². The predicted octanol–water partition coefficient (Wildman–Crippen LogP) is 1.72. The summed E-state index contributed by atoms with van der Waals surface area (Å²) in [5.41, 5.74) is -2.05. The Morgan fingerprint density at radius 1 is 0.719 bits per heavy atom. The van der Waals surface area contributed by atoms with Gasteiger partial charge in [0.1, 0.15) is 31.8 Å². The van der Waals surface area contributed by atoms with Crippen molar-refractivity contribution < 1.29 is 48.0 Å². The minimum absolute atomic E-state index is 0.233. The Kier molecular flexibility index (Phi) is 10.1. The van der Waals surface area contributed by atoms with Gasteiger partial charge in [0.05, 0.1) is 11.1 Å². The number of esters is 4. The summed E-state index contributed by atoms with van der Waals surface area (Å²) in [6, 6.07) is 5.35. The molecule has 0 aliphatic carbocycles. The minimum atomic E-state index is -1.52. The van der Waals surface area contributed by atoms with Crippen molar-refractivity contribution in [1.82, 2.24) is 0 Å². The van der Waals surface area contributed by atoms with Gasteiger partial charge in [0.25, 0.3) is 0 Å². The highest BCUT2D eigenvalue weighted by atomic mass is 16.6. The molecule has 0 fully saturated rings. The van der Waals surface area contributed by atoms with E-state index < -0.39 is 61.7 Å². The number of hydrogen-bond acceptors (Lipinski definition) is 9. The lowest BCUT2D eigenvalue weighted by molar-refractivity contribution is -0.159. The first kappa shape index (κ1) is 25.8. The maximum absolute atomic E-state index is 12.5. The van der Waals surface area contributed by atoms with Crippen LogP contribution in [0.4, 0.5) is 0 Å². The quantitative estimate of drug-likeness (QED) is 0.270. The maximum atomic E-state index is 12.5. The van der Waals surface area contributed by atoms with E-state index in [1.54, 1.807) is 0 Å². The summed E-state index contributed by atoms with van der Waals surface area (Å²) in [6.07, 6.45) is 2.64. The molecule has 170 valence electrons. The number of hydrogen-bond donors (Lipinski definition) is 1. The molecule has 1 aromatic carbocycles. The van der Waals surface area contributed by atoms with E-state index in [4.69, 9.17) is 18.9 Å². The Bertz CT molecular complexity index is 855. The van der Waals surface area contributed by atoms with Gasteiger partial charge in [-0.25, -0.2) is 24.0 Å². The second-order valence-corrected chi connectivity index (χ2v) is 6.36. The molecule has 1 aromatic rings. The zero-order valence-electron chi connectivity index (χ0n) is 17.1. The summed E-state index contributed by atoms with van der Waals surface area (Å²) < 4.78 is 20.3. The second kappa shape index (κ2) is 12.5. The first-order valence-corrected chi connectivity index (χ1v) is 9.05. The standard InChI is InChI=1S/C22H22O10/c1-4-17(23)29-11-22(12-30-18(24)5-2,13-31-19(25)6-3)14-32-21(28)16-10-8-7-9-15(16)20(26)27/h4-10H,1-3,11-14H2,(H,26,27). The molecule has 1 N–H and O–H groups in total. The van der Waals surface area contributed by atoms with E-state index in [0.717, 1.165) is 18.2 Å². The van der Waals surface area contributed by atoms with Crippen molar-refractivity contribution in [2.75, 3.05) is 26.4 Å². The van der Waals surface area contributed by atoms with Gasteiger partial charge in [-0.2, -0.15) is 0 Å². The van der Waals surface area contributed by atoms with Gasteiger partial charge in [0.15, 0.2) is 0 Å². The van der Waals surface area contributed by atoms with Crippen LogP contribution in [0.15, 0.2) is 62.2 Å². The fourth-order valence-corrected chi connectivity index (χ4v) is 2.24. The summed E-state index contributed by atoms with van der Waals surface area (Å²) in [5.74, 6) is -4.85. The van der Waals surface area contributed by atoms with Crippen LogP contribution >= 0.6 is 0 Å². The maximum Gasteiger partial charge on any atom is 0.339 e. The van der Waals surface area contributed by atoms with E-state index in [-0.39, 0.29) is 11.1 Å². The predicted molar refractivity (Wildman–Crippen MR) is 110 cm³/mol. The number of carbonyl (C=O) groups excluding carboxylic acids is 4. The van der Waals surface area contributed by atoms with Crippen LogP contribution < -0.4 is 0 Å². The molecule has 0 aliphatic rings. The van der Waals surface area contributed by atoms with Gasteiger partial charge in [0, 0.05) is 18.2 Å². The SMILES string of the molecule is C=CC(=O)OCC(COC(=O)C=C)(COC(=O)C=C)COC(=O)c1ccccc1C(=O)O. The van der Waals surface area contributed by atoms with Gasteiger partial charge in [0.2, 0.25) is 0 Å². The van der Waals surface area contributed by atoms with Gasteiger partial charge < -0.3 is 24.1 Å². The summed E-state index contributed by atoms with van der Waals surface area (Å²) in [4.78, 5) is 58.6. The Morgan fingerprint density at radius 2 is 1.09 bits per heavy atom. The Balaban J connectivity index is 3.18. The molecule has 0 aliphatic heterocycles. The minimum Gasteiger partial charge on any atom is -0.478 e. The van der Waals surface area contributed by atoms with E-state index >= 15 is 0 Å². The average Bonchev–Trinajstić information content (AvgIpc) is 2.81. The van der Waals surface area contributed by atoms with Crippen molar-refractivity contribution in [3.63, 3.8) is 0 Å². The number of carboxylic acid groups (broad SMARTS) is 1. The summed E-state index contributed by atoms with van der Waals surface area (Å²) in [5, 5.41) is 9.25. The van der Waals surface area contributed by atoms with Crippen LogP contribution in [-0.2, 0) is 33.3 Å². The average molecular weight is 446 g/mol. The van der Waals surface area contributed by atoms with Gasteiger partial charge in [-0.3, -0.25) is 0 Å². The van der Waals surface area contributed by atoms with Crippen LogP contribution in [0, 0.1) is 5.41 Å². The highest BCUT2D eigenvalue weighted by Gasteiger charge is 2.38. The zero-order chi connectivity index (χ0) is 24.1. The molecule has 0 saturated carbocycles. The van der Waals surface area contributed by atoms with Crippen molar-refractivity contribution in [2.45, 2.75) is 0 Å². The van der Waals surface area contributed by atoms with Crippen molar-refractivity contribution in [2.24, 2.45) is 5.41 Å². The van der Waals surface area contributed by atoms with Crippen LogP contribution in [-0.4, -0.2) is 61.4 Å². The number of aromatic carboxylic acids is 1. The molecular formula is C22H22O10. The molecular weight excluding hydrogens is 424 g/mol. The number of ether oxygens (including phenoxy) is 4. The Labute approximate surface area is 183 Å². The van der Waals surface area contributed by atoms with Gasteiger partial charge in [-0.15, -0.1) is 0 Å². The van der Waals surface area contributed by atoms with Crippen LogP contribution in [0.25, 0.3) is 0 Å². The fraction of sp³-hybridized carbons (Fsp3) is 0.227. The Morgan fingerprint density at radius 3 is 1.47 bits per heavy atom. The third-order valence-corrected chi connectivity index (χ3v) is 3.95. The molecule has 10 heteroatoms. The normalized spacial score (nSPS) is 10.2. The molecule has 0 heterocycles. The molecule has 0 saturated heterocycles. The molecule has 0 atom stereocenters. The Hall–Kier alpha value is -4.21. The van der Waals surface area contributed by atoms with Crippen LogP contribution in [0.3, 0.4) is 0 Å². The number of carbonyl (C=O) groups is 5. The monoisotopic (exact) mass is 446 g/mol. The molecule has 0 unspecified atom stereocenters. The number of rotatable bonds is 13. The second-order valence-electron chi connectivity index (χ2n) is 6.36. The smallest absolute Gasteiger partial charge is 0.339 e. The first-order chi connectivity index (χ1) is 15.2. The first-order valence-electron chi connectivity index (χ1n) is 9.05. The lowest BCUT2D eigenvalue weighted by Gasteiger charge is -2.31. The third-order valence-electron chi connectivity index (χ3n) is 3.95. The highest BCUT2D eigenvalue weighted by molar-refractivity contribution is 6.02. The van der Waals surface area contributed by atoms with E-state index in [9.17, 15) is 29.1 Å². The molecule has 0 radical (unpaired) electrons. The number of benzene rings is 1. The van der Waals surface area contributed by atoms with Crippen LogP contribution in [0.5, 0.6) is 0 Å².